The monoisotopic (exact) mass is 375 g/mol. The average Bonchev–Trinajstić information content (AvgIpc) is 3.04. The molecule has 3 rings (SSSR count). The van der Waals surface area contributed by atoms with Crippen LogP contribution in [0.25, 0.3) is 11.3 Å². The highest BCUT2D eigenvalue weighted by atomic mass is 32.2. The number of amides is 1. The Morgan fingerprint density at radius 1 is 1.31 bits per heavy atom. The fraction of sp³-hybridized carbons (Fsp3) is 0.500. The zero-order valence-corrected chi connectivity index (χ0v) is 16.3. The number of imidazole rings is 1. The van der Waals surface area contributed by atoms with E-state index in [0.29, 0.717) is 11.8 Å². The zero-order valence-electron chi connectivity index (χ0n) is 15.4. The molecule has 0 radical (unpaired) electrons. The molecule has 0 unspecified atom stereocenters. The molecule has 26 heavy (non-hydrogen) atoms. The summed E-state index contributed by atoms with van der Waals surface area (Å²) in [4.78, 5) is 19.1. The molecule has 1 atom stereocenters. The molecule has 140 valence electrons. The van der Waals surface area contributed by atoms with E-state index in [1.165, 1.54) is 30.3 Å². The SMILES string of the molecule is CCCn1c(-c2ccc(F)cc2)cnc1SCC(=O)N1CCCC[C@H]1C. The molecule has 1 aromatic heterocycles. The average molecular weight is 376 g/mol. The van der Waals surface area contributed by atoms with Gasteiger partial charge in [0.1, 0.15) is 5.82 Å². The molecule has 0 aliphatic carbocycles. The molecule has 0 bridgehead atoms. The lowest BCUT2D eigenvalue weighted by Gasteiger charge is -2.33. The van der Waals surface area contributed by atoms with Crippen LogP contribution in [0.4, 0.5) is 4.39 Å². The molecular formula is C20H26FN3OS. The van der Waals surface area contributed by atoms with Crippen LogP contribution >= 0.6 is 11.8 Å². The summed E-state index contributed by atoms with van der Waals surface area (Å²) in [7, 11) is 0. The molecule has 1 amide bonds. The van der Waals surface area contributed by atoms with Crippen molar-refractivity contribution in [3.05, 3.63) is 36.3 Å². The van der Waals surface area contributed by atoms with Gasteiger partial charge in [-0.2, -0.15) is 0 Å². The largest absolute Gasteiger partial charge is 0.339 e. The summed E-state index contributed by atoms with van der Waals surface area (Å²) < 4.78 is 15.3. The van der Waals surface area contributed by atoms with Gasteiger partial charge in [-0.15, -0.1) is 0 Å². The minimum atomic E-state index is -0.244. The van der Waals surface area contributed by atoms with E-state index in [1.807, 2.05) is 11.1 Å². The van der Waals surface area contributed by atoms with Crippen molar-refractivity contribution in [1.82, 2.24) is 14.5 Å². The smallest absolute Gasteiger partial charge is 0.233 e. The summed E-state index contributed by atoms with van der Waals surface area (Å²) >= 11 is 1.50. The van der Waals surface area contributed by atoms with E-state index in [9.17, 15) is 9.18 Å². The molecule has 0 N–H and O–H groups in total. The van der Waals surface area contributed by atoms with Crippen LogP contribution in [-0.2, 0) is 11.3 Å². The Morgan fingerprint density at radius 2 is 2.08 bits per heavy atom. The minimum Gasteiger partial charge on any atom is -0.339 e. The van der Waals surface area contributed by atoms with Gasteiger partial charge in [0.05, 0.1) is 17.6 Å². The Morgan fingerprint density at radius 3 is 2.77 bits per heavy atom. The predicted octanol–water partition coefficient (Wildman–Crippen LogP) is 4.59. The van der Waals surface area contributed by atoms with Crippen LogP contribution in [0, 0.1) is 5.82 Å². The lowest BCUT2D eigenvalue weighted by atomic mass is 10.0. The highest BCUT2D eigenvalue weighted by Crippen LogP contribution is 2.27. The van der Waals surface area contributed by atoms with Gasteiger partial charge in [0.25, 0.3) is 0 Å². The number of hydrogen-bond acceptors (Lipinski definition) is 3. The van der Waals surface area contributed by atoms with Gasteiger partial charge in [-0.3, -0.25) is 4.79 Å². The zero-order chi connectivity index (χ0) is 18.5. The second kappa shape index (κ2) is 8.71. The highest BCUT2D eigenvalue weighted by molar-refractivity contribution is 7.99. The van der Waals surface area contributed by atoms with Crippen molar-refractivity contribution >= 4 is 17.7 Å². The maximum Gasteiger partial charge on any atom is 0.233 e. The first-order valence-corrected chi connectivity index (χ1v) is 10.3. The standard InChI is InChI=1S/C20H26FN3OS/c1-3-11-24-18(16-7-9-17(21)10-8-16)13-22-20(24)26-14-19(25)23-12-5-4-6-15(23)2/h7-10,13,15H,3-6,11-12,14H2,1-2H3/t15-/m1/s1. The van der Waals surface area contributed by atoms with E-state index in [-0.39, 0.29) is 11.7 Å². The predicted molar refractivity (Wildman–Crippen MR) is 104 cm³/mol. The van der Waals surface area contributed by atoms with Crippen molar-refractivity contribution in [3.63, 3.8) is 0 Å². The van der Waals surface area contributed by atoms with Gasteiger partial charge in [0, 0.05) is 19.1 Å². The number of benzene rings is 1. The van der Waals surface area contributed by atoms with Gasteiger partial charge < -0.3 is 9.47 Å². The first kappa shape index (κ1) is 19.0. The fourth-order valence-electron chi connectivity index (χ4n) is 3.44. The van der Waals surface area contributed by atoms with E-state index in [0.717, 1.165) is 48.8 Å². The Hall–Kier alpha value is -1.82. The van der Waals surface area contributed by atoms with Crippen molar-refractivity contribution in [1.29, 1.82) is 0 Å². The van der Waals surface area contributed by atoms with E-state index >= 15 is 0 Å². The topological polar surface area (TPSA) is 38.1 Å². The number of thioether (sulfide) groups is 1. The molecule has 2 aromatic rings. The molecular weight excluding hydrogens is 349 g/mol. The quantitative estimate of drug-likeness (QED) is 0.693. The maximum atomic E-state index is 13.2. The summed E-state index contributed by atoms with van der Waals surface area (Å²) in [6.45, 7) is 5.93. The Kier molecular flexibility index (Phi) is 6.35. The van der Waals surface area contributed by atoms with E-state index in [1.54, 1.807) is 12.1 Å². The molecule has 1 aliphatic rings. The molecule has 1 fully saturated rings. The Balaban J connectivity index is 1.73. The number of hydrogen-bond donors (Lipinski definition) is 0. The number of halogens is 1. The molecule has 6 heteroatoms. The van der Waals surface area contributed by atoms with Crippen molar-refractivity contribution in [3.8, 4) is 11.3 Å². The summed E-state index contributed by atoms with van der Waals surface area (Å²) in [5.41, 5.74) is 1.91. The fourth-order valence-corrected chi connectivity index (χ4v) is 4.33. The summed E-state index contributed by atoms with van der Waals surface area (Å²) in [6.07, 6.45) is 6.18. The van der Waals surface area contributed by atoms with E-state index in [2.05, 4.69) is 23.4 Å². The van der Waals surface area contributed by atoms with Crippen LogP contribution in [0.5, 0.6) is 0 Å². The summed E-state index contributed by atoms with van der Waals surface area (Å²) in [5, 5.41) is 0.851. The van der Waals surface area contributed by atoms with Crippen LogP contribution in [-0.4, -0.2) is 38.7 Å². The van der Waals surface area contributed by atoms with Crippen LogP contribution in [0.15, 0.2) is 35.6 Å². The van der Waals surface area contributed by atoms with Gasteiger partial charge in [0.2, 0.25) is 5.91 Å². The van der Waals surface area contributed by atoms with Gasteiger partial charge >= 0.3 is 0 Å². The van der Waals surface area contributed by atoms with Crippen LogP contribution in [0.2, 0.25) is 0 Å². The molecule has 2 heterocycles. The van der Waals surface area contributed by atoms with Crippen molar-refractivity contribution in [2.45, 2.75) is 57.3 Å². The van der Waals surface area contributed by atoms with Gasteiger partial charge in [0.15, 0.2) is 5.16 Å². The normalized spacial score (nSPS) is 17.5. The molecule has 1 aliphatic heterocycles. The molecule has 1 aromatic carbocycles. The third-order valence-corrected chi connectivity index (χ3v) is 5.83. The molecule has 0 saturated carbocycles. The van der Waals surface area contributed by atoms with Gasteiger partial charge in [-0.05, 0) is 62.4 Å². The third-order valence-electron chi connectivity index (χ3n) is 4.85. The number of carbonyl (C=O) groups excluding carboxylic acids is 1. The number of rotatable bonds is 6. The number of piperidine rings is 1. The van der Waals surface area contributed by atoms with Crippen LogP contribution in [0.3, 0.4) is 0 Å². The minimum absolute atomic E-state index is 0.191. The highest BCUT2D eigenvalue weighted by Gasteiger charge is 2.23. The number of aromatic nitrogens is 2. The second-order valence-corrected chi connectivity index (χ2v) is 7.75. The van der Waals surface area contributed by atoms with E-state index < -0.39 is 0 Å². The number of nitrogens with zero attached hydrogens (tertiary/aromatic N) is 3. The first-order chi connectivity index (χ1) is 12.6. The molecule has 4 nitrogen and oxygen atoms in total. The lowest BCUT2D eigenvalue weighted by Crippen LogP contribution is -2.43. The van der Waals surface area contributed by atoms with Gasteiger partial charge in [-0.25, -0.2) is 9.37 Å². The Bertz CT molecular complexity index is 744. The third kappa shape index (κ3) is 4.29. The van der Waals surface area contributed by atoms with Crippen LogP contribution in [0.1, 0.15) is 39.5 Å². The number of likely N-dealkylation sites (tertiary alicyclic amines) is 1. The first-order valence-electron chi connectivity index (χ1n) is 9.34. The second-order valence-electron chi connectivity index (χ2n) is 6.81. The van der Waals surface area contributed by atoms with E-state index in [4.69, 9.17) is 0 Å². The van der Waals surface area contributed by atoms with Gasteiger partial charge in [-0.1, -0.05) is 18.7 Å². The van der Waals surface area contributed by atoms with Crippen molar-refractivity contribution < 1.29 is 9.18 Å². The molecule has 0 spiro atoms. The summed E-state index contributed by atoms with van der Waals surface area (Å²) in [6, 6.07) is 6.81. The van der Waals surface area contributed by atoms with Crippen molar-refractivity contribution in [2.75, 3.05) is 12.3 Å². The molecule has 1 saturated heterocycles. The van der Waals surface area contributed by atoms with Crippen molar-refractivity contribution in [2.24, 2.45) is 0 Å². The Labute approximate surface area is 158 Å². The number of carbonyl (C=O) groups is 1. The summed E-state index contributed by atoms with van der Waals surface area (Å²) in [5.74, 6) is 0.358. The lowest BCUT2D eigenvalue weighted by molar-refractivity contribution is -0.131. The van der Waals surface area contributed by atoms with Crippen LogP contribution < -0.4 is 0 Å². The maximum absolute atomic E-state index is 13.2.